The topological polar surface area (TPSA) is 39.4 Å². The van der Waals surface area contributed by atoms with E-state index in [0.717, 1.165) is 37.7 Å². The lowest BCUT2D eigenvalue weighted by molar-refractivity contribution is -0.116. The highest BCUT2D eigenvalue weighted by atomic mass is 28.4. The SMILES string of the molecule is CC1(CCc2ccco2)CCC(O[Si](C)(C)C)C1C=O. The summed E-state index contributed by atoms with van der Waals surface area (Å²) in [6.07, 6.45) is 6.89. The summed E-state index contributed by atoms with van der Waals surface area (Å²) >= 11 is 0. The van der Waals surface area contributed by atoms with E-state index in [0.29, 0.717) is 0 Å². The Morgan fingerprint density at radius 3 is 2.80 bits per heavy atom. The van der Waals surface area contributed by atoms with Crippen molar-refractivity contribution in [1.82, 2.24) is 0 Å². The Labute approximate surface area is 122 Å². The summed E-state index contributed by atoms with van der Waals surface area (Å²) in [5, 5.41) is 0. The Morgan fingerprint density at radius 2 is 2.25 bits per heavy atom. The lowest BCUT2D eigenvalue weighted by Crippen LogP contribution is -2.38. The molecule has 0 spiro atoms. The average molecular weight is 294 g/mol. The van der Waals surface area contributed by atoms with Crippen molar-refractivity contribution in [3.8, 4) is 0 Å². The molecule has 0 bridgehead atoms. The molecule has 2 rings (SSSR count). The molecule has 1 aromatic heterocycles. The van der Waals surface area contributed by atoms with Crippen LogP contribution in [-0.4, -0.2) is 20.7 Å². The monoisotopic (exact) mass is 294 g/mol. The number of carbonyl (C=O) groups excluding carboxylic acids is 1. The molecule has 3 nitrogen and oxygen atoms in total. The Kier molecular flexibility index (Phi) is 4.54. The molecule has 112 valence electrons. The molecule has 1 saturated carbocycles. The molecule has 1 aliphatic carbocycles. The molecule has 1 heterocycles. The fourth-order valence-corrected chi connectivity index (χ4v) is 4.43. The summed E-state index contributed by atoms with van der Waals surface area (Å²) in [4.78, 5) is 11.6. The van der Waals surface area contributed by atoms with Crippen molar-refractivity contribution in [3.63, 3.8) is 0 Å². The third kappa shape index (κ3) is 3.61. The number of hydrogen-bond donors (Lipinski definition) is 0. The third-order valence-corrected chi connectivity index (χ3v) is 5.39. The predicted octanol–water partition coefficient (Wildman–Crippen LogP) is 4.05. The normalized spacial score (nSPS) is 30.6. The minimum atomic E-state index is -1.60. The lowest BCUT2D eigenvalue weighted by atomic mass is 9.76. The van der Waals surface area contributed by atoms with Gasteiger partial charge in [0.05, 0.1) is 12.4 Å². The smallest absolute Gasteiger partial charge is 0.184 e. The number of aldehydes is 1. The van der Waals surface area contributed by atoms with E-state index < -0.39 is 8.32 Å². The maximum atomic E-state index is 11.6. The second-order valence-corrected chi connectivity index (χ2v) is 11.7. The van der Waals surface area contributed by atoms with Crippen LogP contribution in [-0.2, 0) is 15.6 Å². The van der Waals surface area contributed by atoms with Gasteiger partial charge in [-0.1, -0.05) is 6.92 Å². The molecule has 3 unspecified atom stereocenters. The van der Waals surface area contributed by atoms with Crippen molar-refractivity contribution >= 4 is 14.6 Å². The van der Waals surface area contributed by atoms with Gasteiger partial charge >= 0.3 is 0 Å². The summed E-state index contributed by atoms with van der Waals surface area (Å²) in [6, 6.07) is 3.92. The Morgan fingerprint density at radius 1 is 1.50 bits per heavy atom. The van der Waals surface area contributed by atoms with E-state index >= 15 is 0 Å². The van der Waals surface area contributed by atoms with E-state index in [2.05, 4.69) is 26.6 Å². The van der Waals surface area contributed by atoms with E-state index in [-0.39, 0.29) is 17.4 Å². The van der Waals surface area contributed by atoms with Crippen molar-refractivity contribution in [1.29, 1.82) is 0 Å². The minimum Gasteiger partial charge on any atom is -0.469 e. The van der Waals surface area contributed by atoms with Crippen LogP contribution >= 0.6 is 0 Å². The number of carbonyl (C=O) groups is 1. The summed E-state index contributed by atoms with van der Waals surface area (Å²) in [5.74, 6) is 1.02. The Bertz CT molecular complexity index is 435. The van der Waals surface area contributed by atoms with Crippen LogP contribution in [0.5, 0.6) is 0 Å². The first-order chi connectivity index (χ1) is 9.34. The summed E-state index contributed by atoms with van der Waals surface area (Å²) in [5.41, 5.74) is 0.0405. The quantitative estimate of drug-likeness (QED) is 0.587. The zero-order chi connectivity index (χ0) is 14.8. The fourth-order valence-electron chi connectivity index (χ4n) is 3.26. The maximum Gasteiger partial charge on any atom is 0.184 e. The highest BCUT2D eigenvalue weighted by molar-refractivity contribution is 6.69. The first kappa shape index (κ1) is 15.5. The average Bonchev–Trinajstić information content (AvgIpc) is 2.94. The molecule has 1 aromatic rings. The molecule has 3 atom stereocenters. The minimum absolute atomic E-state index is 0.0178. The van der Waals surface area contributed by atoms with Crippen LogP contribution in [0.1, 0.15) is 31.9 Å². The summed E-state index contributed by atoms with van der Waals surface area (Å²) in [7, 11) is -1.60. The van der Waals surface area contributed by atoms with Crippen molar-refractivity contribution < 1.29 is 13.6 Å². The molecule has 1 fully saturated rings. The predicted molar refractivity (Wildman–Crippen MR) is 82.1 cm³/mol. The van der Waals surface area contributed by atoms with Gasteiger partial charge in [0.1, 0.15) is 12.0 Å². The number of aryl methyl sites for hydroxylation is 1. The van der Waals surface area contributed by atoms with Gasteiger partial charge in [-0.2, -0.15) is 0 Å². The van der Waals surface area contributed by atoms with Gasteiger partial charge in [0.15, 0.2) is 8.32 Å². The number of furan rings is 1. The molecule has 4 heteroatoms. The van der Waals surface area contributed by atoms with Gasteiger partial charge in [0.25, 0.3) is 0 Å². The maximum absolute atomic E-state index is 11.6. The van der Waals surface area contributed by atoms with Crippen LogP contribution in [0.3, 0.4) is 0 Å². The highest BCUT2D eigenvalue weighted by Gasteiger charge is 2.46. The van der Waals surface area contributed by atoms with Gasteiger partial charge in [0, 0.05) is 12.3 Å². The van der Waals surface area contributed by atoms with Gasteiger partial charge in [-0.25, -0.2) is 0 Å². The lowest BCUT2D eigenvalue weighted by Gasteiger charge is -2.32. The number of hydrogen-bond acceptors (Lipinski definition) is 3. The van der Waals surface area contributed by atoms with Crippen molar-refractivity contribution in [2.45, 2.75) is 58.4 Å². The zero-order valence-electron chi connectivity index (χ0n) is 13.0. The van der Waals surface area contributed by atoms with E-state index in [1.54, 1.807) is 6.26 Å². The van der Waals surface area contributed by atoms with Crippen LogP contribution in [0.25, 0.3) is 0 Å². The van der Waals surface area contributed by atoms with E-state index in [1.165, 1.54) is 0 Å². The summed E-state index contributed by atoms with van der Waals surface area (Å²) < 4.78 is 11.6. The second-order valence-electron chi connectivity index (χ2n) is 7.20. The standard InChI is InChI=1S/C16H26O3Si/c1-16(9-7-13-6-5-11-18-13)10-8-15(14(16)12-17)19-20(2,3)4/h5-6,11-12,14-15H,7-10H2,1-4H3. The zero-order valence-corrected chi connectivity index (χ0v) is 14.0. The third-order valence-electron chi connectivity index (χ3n) is 4.38. The van der Waals surface area contributed by atoms with Gasteiger partial charge in [0.2, 0.25) is 0 Å². The van der Waals surface area contributed by atoms with Crippen molar-refractivity contribution in [2.24, 2.45) is 11.3 Å². The highest BCUT2D eigenvalue weighted by Crippen LogP contribution is 2.47. The van der Waals surface area contributed by atoms with Gasteiger partial charge in [-0.3, -0.25) is 0 Å². The Hall–Kier alpha value is -0.873. The second kappa shape index (κ2) is 5.86. The molecule has 20 heavy (non-hydrogen) atoms. The largest absolute Gasteiger partial charge is 0.469 e. The molecule has 1 aliphatic rings. The number of rotatable bonds is 6. The summed E-state index contributed by atoms with van der Waals surface area (Å²) in [6.45, 7) is 8.79. The van der Waals surface area contributed by atoms with Crippen LogP contribution in [0.2, 0.25) is 19.6 Å². The van der Waals surface area contributed by atoms with Crippen LogP contribution in [0, 0.1) is 11.3 Å². The molecule has 0 saturated heterocycles. The van der Waals surface area contributed by atoms with E-state index in [1.807, 2.05) is 12.1 Å². The van der Waals surface area contributed by atoms with E-state index in [4.69, 9.17) is 8.84 Å². The van der Waals surface area contributed by atoms with Crippen LogP contribution < -0.4 is 0 Å². The van der Waals surface area contributed by atoms with Gasteiger partial charge < -0.3 is 13.6 Å². The van der Waals surface area contributed by atoms with Crippen molar-refractivity contribution in [3.05, 3.63) is 24.2 Å². The molecule has 0 aliphatic heterocycles. The molecule has 0 N–H and O–H groups in total. The van der Waals surface area contributed by atoms with E-state index in [9.17, 15) is 4.79 Å². The molecule has 0 radical (unpaired) electrons. The molecular weight excluding hydrogens is 268 g/mol. The molecule has 0 amide bonds. The van der Waals surface area contributed by atoms with Crippen LogP contribution in [0.4, 0.5) is 0 Å². The molecular formula is C16H26O3Si. The van der Waals surface area contributed by atoms with Crippen LogP contribution in [0.15, 0.2) is 22.8 Å². The van der Waals surface area contributed by atoms with Gasteiger partial charge in [-0.15, -0.1) is 0 Å². The van der Waals surface area contributed by atoms with Crippen molar-refractivity contribution in [2.75, 3.05) is 0 Å². The fraction of sp³-hybridized carbons (Fsp3) is 0.688. The first-order valence-electron chi connectivity index (χ1n) is 7.49. The Balaban J connectivity index is 2.01. The van der Waals surface area contributed by atoms with Gasteiger partial charge in [-0.05, 0) is 56.5 Å². The molecule has 0 aromatic carbocycles. The first-order valence-corrected chi connectivity index (χ1v) is 10.9.